The molecule has 1 aromatic heterocycles. The lowest BCUT2D eigenvalue weighted by Crippen LogP contribution is -2.49. The Morgan fingerprint density at radius 2 is 1.97 bits per heavy atom. The highest BCUT2D eigenvalue weighted by molar-refractivity contribution is 5.85. The number of likely N-dealkylation sites (tertiary alicyclic amines) is 1. The second-order valence-electron chi connectivity index (χ2n) is 8.37. The van der Waals surface area contributed by atoms with Crippen LogP contribution in [0.2, 0.25) is 0 Å². The first kappa shape index (κ1) is 23.0. The Balaban J connectivity index is 1.87. The zero-order valence-electron chi connectivity index (χ0n) is 19.3. The number of hydrogen-bond donors (Lipinski definition) is 0. The van der Waals surface area contributed by atoms with Crippen molar-refractivity contribution in [3.63, 3.8) is 0 Å². The molecule has 0 N–H and O–H groups in total. The van der Waals surface area contributed by atoms with E-state index in [2.05, 4.69) is 5.10 Å². The van der Waals surface area contributed by atoms with Gasteiger partial charge in [0.05, 0.1) is 24.3 Å². The lowest BCUT2D eigenvalue weighted by molar-refractivity contribution is -0.148. The van der Waals surface area contributed by atoms with Gasteiger partial charge in [0.1, 0.15) is 0 Å². The second-order valence-corrected chi connectivity index (χ2v) is 8.37. The number of hydrogen-bond acceptors (Lipinski definition) is 4. The summed E-state index contributed by atoms with van der Waals surface area (Å²) in [5, 5.41) is 4.49. The van der Waals surface area contributed by atoms with Crippen molar-refractivity contribution in [3.05, 3.63) is 52.8 Å². The molecule has 2 aromatic rings. The summed E-state index contributed by atoms with van der Waals surface area (Å²) in [4.78, 5) is 30.0. The predicted octanol–water partition coefficient (Wildman–Crippen LogP) is 3.10. The molecule has 3 rings (SSSR count). The van der Waals surface area contributed by atoms with Crippen LogP contribution in [-0.2, 0) is 27.4 Å². The van der Waals surface area contributed by atoms with Gasteiger partial charge in [-0.25, -0.2) is 0 Å². The van der Waals surface area contributed by atoms with Gasteiger partial charge in [-0.3, -0.25) is 14.3 Å². The first-order valence-electron chi connectivity index (χ1n) is 11.0. The minimum Gasteiger partial charge on any atom is -0.383 e. The molecule has 0 unspecified atom stereocenters. The van der Waals surface area contributed by atoms with E-state index < -0.39 is 0 Å². The van der Waals surface area contributed by atoms with Crippen molar-refractivity contribution in [2.75, 3.05) is 27.3 Å². The Morgan fingerprint density at radius 3 is 2.58 bits per heavy atom. The molecule has 2 amide bonds. The van der Waals surface area contributed by atoms with Gasteiger partial charge in [0.15, 0.2) is 0 Å². The monoisotopic (exact) mass is 426 g/mol. The summed E-state index contributed by atoms with van der Waals surface area (Å²) in [6.07, 6.45) is 2.94. The number of amides is 2. The van der Waals surface area contributed by atoms with Crippen LogP contribution in [0.3, 0.4) is 0 Å². The number of ether oxygens (including phenoxy) is 1. The average Bonchev–Trinajstić information content (AvgIpc) is 3.12. The van der Waals surface area contributed by atoms with E-state index in [1.165, 1.54) is 0 Å². The van der Waals surface area contributed by atoms with Crippen LogP contribution in [-0.4, -0.2) is 58.7 Å². The van der Waals surface area contributed by atoms with E-state index in [1.807, 2.05) is 67.9 Å². The smallest absolute Gasteiger partial charge is 0.228 e. The highest BCUT2D eigenvalue weighted by Gasteiger charge is 2.41. The number of nitrogens with zero attached hydrogens (tertiary/aromatic N) is 4. The molecule has 31 heavy (non-hydrogen) atoms. The fraction of sp³-hybridized carbons (Fsp3) is 0.542. The second kappa shape index (κ2) is 10.1. The standard InChI is InChI=1S/C24H34N4O3/c1-6-27-16-20(18(3)25-27)15-26(4)24(30)21-11-12-22(29)28(13-14-31-5)23(21)19-9-7-17(2)8-10-19/h7-10,16,21,23H,6,11-15H2,1-5H3/t21-,23-/m1/s1. The molecule has 7 heteroatoms. The Labute approximate surface area is 185 Å². The van der Waals surface area contributed by atoms with Gasteiger partial charge in [0.25, 0.3) is 0 Å². The Bertz CT molecular complexity index is 906. The summed E-state index contributed by atoms with van der Waals surface area (Å²) in [6, 6.07) is 7.86. The quantitative estimate of drug-likeness (QED) is 0.651. The molecule has 7 nitrogen and oxygen atoms in total. The molecular formula is C24H34N4O3. The topological polar surface area (TPSA) is 67.7 Å². The number of aryl methyl sites for hydroxylation is 3. The maximum Gasteiger partial charge on any atom is 0.228 e. The van der Waals surface area contributed by atoms with Gasteiger partial charge in [-0.15, -0.1) is 0 Å². The summed E-state index contributed by atoms with van der Waals surface area (Å²) in [7, 11) is 3.47. The van der Waals surface area contributed by atoms with Crippen LogP contribution < -0.4 is 0 Å². The van der Waals surface area contributed by atoms with E-state index in [4.69, 9.17) is 4.74 Å². The van der Waals surface area contributed by atoms with E-state index >= 15 is 0 Å². The molecule has 0 aliphatic carbocycles. The van der Waals surface area contributed by atoms with Crippen molar-refractivity contribution in [3.8, 4) is 0 Å². The molecule has 1 fully saturated rings. The van der Waals surface area contributed by atoms with Gasteiger partial charge >= 0.3 is 0 Å². The largest absolute Gasteiger partial charge is 0.383 e. The molecule has 0 saturated carbocycles. The fourth-order valence-electron chi connectivity index (χ4n) is 4.33. The van der Waals surface area contributed by atoms with Crippen LogP contribution in [0.25, 0.3) is 0 Å². The van der Waals surface area contributed by atoms with Crippen molar-refractivity contribution in [2.24, 2.45) is 5.92 Å². The summed E-state index contributed by atoms with van der Waals surface area (Å²) in [6.45, 7) is 8.28. The maximum absolute atomic E-state index is 13.6. The molecular weight excluding hydrogens is 392 g/mol. The van der Waals surface area contributed by atoms with Crippen molar-refractivity contribution in [1.29, 1.82) is 0 Å². The fourth-order valence-corrected chi connectivity index (χ4v) is 4.33. The van der Waals surface area contributed by atoms with E-state index in [0.717, 1.165) is 28.9 Å². The molecule has 168 valence electrons. The molecule has 1 aliphatic rings. The first-order valence-corrected chi connectivity index (χ1v) is 11.0. The van der Waals surface area contributed by atoms with Crippen LogP contribution in [0.4, 0.5) is 0 Å². The summed E-state index contributed by atoms with van der Waals surface area (Å²) < 4.78 is 7.14. The number of aromatic nitrogens is 2. The van der Waals surface area contributed by atoms with E-state index in [-0.39, 0.29) is 23.8 Å². The number of rotatable bonds is 8. The number of carbonyl (C=O) groups is 2. The summed E-state index contributed by atoms with van der Waals surface area (Å²) in [5.41, 5.74) is 4.14. The maximum atomic E-state index is 13.6. The van der Waals surface area contributed by atoms with Crippen LogP contribution >= 0.6 is 0 Å². The van der Waals surface area contributed by atoms with Gasteiger partial charge in [-0.2, -0.15) is 5.10 Å². The van der Waals surface area contributed by atoms with Crippen molar-refractivity contribution >= 4 is 11.8 Å². The van der Waals surface area contributed by atoms with Gasteiger partial charge < -0.3 is 14.5 Å². The van der Waals surface area contributed by atoms with Crippen LogP contribution in [0, 0.1) is 19.8 Å². The molecule has 0 spiro atoms. The summed E-state index contributed by atoms with van der Waals surface area (Å²) in [5.74, 6) is -0.151. The molecule has 1 aromatic carbocycles. The number of benzene rings is 1. The minimum atomic E-state index is -0.288. The number of piperidine rings is 1. The molecule has 2 atom stereocenters. The first-order chi connectivity index (χ1) is 14.8. The number of carbonyl (C=O) groups excluding carboxylic acids is 2. The van der Waals surface area contributed by atoms with Gasteiger partial charge in [-0.05, 0) is 32.8 Å². The third-order valence-corrected chi connectivity index (χ3v) is 6.13. The lowest BCUT2D eigenvalue weighted by Gasteiger charge is -2.42. The lowest BCUT2D eigenvalue weighted by atomic mass is 9.83. The molecule has 0 bridgehead atoms. The Kier molecular flexibility index (Phi) is 7.49. The van der Waals surface area contributed by atoms with E-state index in [0.29, 0.717) is 32.5 Å². The average molecular weight is 427 g/mol. The van der Waals surface area contributed by atoms with Crippen LogP contribution in [0.15, 0.2) is 30.5 Å². The Hall–Kier alpha value is -2.67. The van der Waals surface area contributed by atoms with Crippen molar-refractivity contribution in [1.82, 2.24) is 19.6 Å². The number of methoxy groups -OCH3 is 1. The van der Waals surface area contributed by atoms with E-state index in [1.54, 1.807) is 12.0 Å². The van der Waals surface area contributed by atoms with Gasteiger partial charge in [-0.1, -0.05) is 29.8 Å². The van der Waals surface area contributed by atoms with Gasteiger partial charge in [0.2, 0.25) is 11.8 Å². The highest BCUT2D eigenvalue weighted by atomic mass is 16.5. The molecule has 1 saturated heterocycles. The molecule has 2 heterocycles. The minimum absolute atomic E-state index is 0.0594. The third-order valence-electron chi connectivity index (χ3n) is 6.13. The zero-order valence-corrected chi connectivity index (χ0v) is 19.3. The third kappa shape index (κ3) is 5.15. The van der Waals surface area contributed by atoms with Gasteiger partial charge in [0, 0.05) is 52.0 Å². The van der Waals surface area contributed by atoms with Crippen molar-refractivity contribution in [2.45, 2.75) is 52.7 Å². The van der Waals surface area contributed by atoms with Crippen LogP contribution in [0.5, 0.6) is 0 Å². The SMILES string of the molecule is CCn1cc(CN(C)C(=O)[C@@H]2CCC(=O)N(CCOC)[C@@H]2c2ccc(C)cc2)c(C)n1. The summed E-state index contributed by atoms with van der Waals surface area (Å²) >= 11 is 0. The zero-order chi connectivity index (χ0) is 22.5. The van der Waals surface area contributed by atoms with E-state index in [9.17, 15) is 9.59 Å². The molecule has 1 aliphatic heterocycles. The van der Waals surface area contributed by atoms with Crippen LogP contribution in [0.1, 0.15) is 48.2 Å². The normalized spacial score (nSPS) is 19.0. The predicted molar refractivity (Wildman–Crippen MR) is 119 cm³/mol. The highest BCUT2D eigenvalue weighted by Crippen LogP contribution is 2.38. The van der Waals surface area contributed by atoms with Crippen molar-refractivity contribution < 1.29 is 14.3 Å². The Morgan fingerprint density at radius 1 is 1.26 bits per heavy atom. The molecule has 0 radical (unpaired) electrons.